The monoisotopic (exact) mass is 322 g/mol. The summed E-state index contributed by atoms with van der Waals surface area (Å²) in [6.07, 6.45) is 0.257. The Morgan fingerprint density at radius 3 is 2.62 bits per heavy atom. The molecule has 0 fully saturated rings. The van der Waals surface area contributed by atoms with Gasteiger partial charge in [0.2, 0.25) is 0 Å². The van der Waals surface area contributed by atoms with E-state index in [0.717, 1.165) is 10.8 Å². The van der Waals surface area contributed by atoms with Gasteiger partial charge in [-0.2, -0.15) is 0 Å². The van der Waals surface area contributed by atoms with E-state index in [0.29, 0.717) is 17.1 Å². The summed E-state index contributed by atoms with van der Waals surface area (Å²) in [7, 11) is 0. The molecule has 0 aliphatic rings. The first kappa shape index (κ1) is 15.9. The number of carbonyl (C=O) groups is 1. The van der Waals surface area contributed by atoms with Gasteiger partial charge in [0.15, 0.2) is 6.10 Å². The number of aliphatic hydroxyl groups is 1. The third-order valence-electron chi connectivity index (χ3n) is 3.86. The SMILES string of the molecule is Nc1nccc2ccc(NC(=O)C(O)C(N)c3ccccc3)cc12. The Kier molecular flexibility index (Phi) is 4.41. The zero-order valence-electron chi connectivity index (χ0n) is 12.9. The lowest BCUT2D eigenvalue weighted by molar-refractivity contribution is -0.125. The number of pyridine rings is 1. The molecule has 0 bridgehead atoms. The Labute approximate surface area is 139 Å². The van der Waals surface area contributed by atoms with Crippen molar-refractivity contribution < 1.29 is 9.90 Å². The molecule has 6 N–H and O–H groups in total. The molecular formula is C18H18N4O2. The van der Waals surface area contributed by atoms with Crippen molar-refractivity contribution in [3.8, 4) is 0 Å². The second-order valence-corrected chi connectivity index (χ2v) is 5.50. The molecule has 0 saturated carbocycles. The van der Waals surface area contributed by atoms with Crippen LogP contribution in [0.25, 0.3) is 10.8 Å². The van der Waals surface area contributed by atoms with E-state index in [1.165, 1.54) is 0 Å². The molecule has 122 valence electrons. The predicted molar refractivity (Wildman–Crippen MR) is 94.2 cm³/mol. The molecule has 0 aliphatic carbocycles. The summed E-state index contributed by atoms with van der Waals surface area (Å²) >= 11 is 0. The maximum Gasteiger partial charge on any atom is 0.255 e. The number of benzene rings is 2. The fraction of sp³-hybridized carbons (Fsp3) is 0.111. The topological polar surface area (TPSA) is 114 Å². The first-order valence-electron chi connectivity index (χ1n) is 7.50. The van der Waals surface area contributed by atoms with E-state index in [4.69, 9.17) is 11.5 Å². The first-order chi connectivity index (χ1) is 11.6. The number of nitrogens with two attached hydrogens (primary N) is 2. The van der Waals surface area contributed by atoms with Crippen LogP contribution in [0.3, 0.4) is 0 Å². The fourth-order valence-corrected chi connectivity index (χ4v) is 2.51. The standard InChI is InChI=1S/C18H18N4O2/c19-15(12-4-2-1-3-5-12)16(23)18(24)22-13-7-6-11-8-9-21-17(20)14(11)10-13/h1-10,15-16,23H,19H2,(H2,20,21)(H,22,24). The summed E-state index contributed by atoms with van der Waals surface area (Å²) in [5, 5.41) is 14.5. The van der Waals surface area contributed by atoms with Crippen molar-refractivity contribution in [3.05, 3.63) is 66.4 Å². The van der Waals surface area contributed by atoms with Crippen LogP contribution in [0.2, 0.25) is 0 Å². The molecule has 6 heteroatoms. The minimum absolute atomic E-state index is 0.380. The Balaban J connectivity index is 1.78. The highest BCUT2D eigenvalue weighted by Crippen LogP contribution is 2.23. The Morgan fingerprint density at radius 1 is 1.12 bits per heavy atom. The lowest BCUT2D eigenvalue weighted by atomic mass is 10.0. The van der Waals surface area contributed by atoms with Crippen LogP contribution in [0.5, 0.6) is 0 Å². The molecule has 6 nitrogen and oxygen atoms in total. The molecule has 2 unspecified atom stereocenters. The van der Waals surface area contributed by atoms with Gasteiger partial charge in [0.05, 0.1) is 6.04 Å². The number of nitrogens with one attached hydrogen (secondary N) is 1. The Hall–Kier alpha value is -2.96. The van der Waals surface area contributed by atoms with Gasteiger partial charge < -0.3 is 21.9 Å². The van der Waals surface area contributed by atoms with Crippen molar-refractivity contribution in [2.45, 2.75) is 12.1 Å². The number of nitrogens with zero attached hydrogens (tertiary/aromatic N) is 1. The molecule has 0 aliphatic heterocycles. The zero-order chi connectivity index (χ0) is 17.1. The van der Waals surface area contributed by atoms with Gasteiger partial charge >= 0.3 is 0 Å². The van der Waals surface area contributed by atoms with Gasteiger partial charge in [0.1, 0.15) is 5.82 Å². The maximum atomic E-state index is 12.3. The molecule has 1 amide bonds. The third kappa shape index (κ3) is 3.19. The first-order valence-corrected chi connectivity index (χ1v) is 7.50. The van der Waals surface area contributed by atoms with E-state index in [1.807, 2.05) is 18.2 Å². The largest absolute Gasteiger partial charge is 0.383 e. The van der Waals surface area contributed by atoms with Crippen LogP contribution in [0.4, 0.5) is 11.5 Å². The smallest absolute Gasteiger partial charge is 0.255 e. The minimum Gasteiger partial charge on any atom is -0.383 e. The summed E-state index contributed by atoms with van der Waals surface area (Å²) < 4.78 is 0. The highest BCUT2D eigenvalue weighted by Gasteiger charge is 2.24. The number of aliphatic hydroxyl groups excluding tert-OH is 1. The lowest BCUT2D eigenvalue weighted by Gasteiger charge is -2.19. The lowest BCUT2D eigenvalue weighted by Crippen LogP contribution is -2.37. The molecule has 0 radical (unpaired) electrons. The molecule has 2 aromatic carbocycles. The second kappa shape index (κ2) is 6.66. The van der Waals surface area contributed by atoms with Crippen molar-refractivity contribution >= 4 is 28.2 Å². The number of fused-ring (bicyclic) bond motifs is 1. The molecular weight excluding hydrogens is 304 g/mol. The molecule has 2 atom stereocenters. The van der Waals surface area contributed by atoms with Gasteiger partial charge in [-0.05, 0) is 29.1 Å². The highest BCUT2D eigenvalue weighted by molar-refractivity contribution is 5.99. The number of hydrogen-bond acceptors (Lipinski definition) is 5. The Bertz CT molecular complexity index is 867. The van der Waals surface area contributed by atoms with Crippen LogP contribution in [0.15, 0.2) is 60.8 Å². The molecule has 0 spiro atoms. The quantitative estimate of drug-likeness (QED) is 0.585. The van der Waals surface area contributed by atoms with Gasteiger partial charge in [-0.3, -0.25) is 4.79 Å². The molecule has 0 saturated heterocycles. The molecule has 1 heterocycles. The predicted octanol–water partition coefficient (Wildman–Crippen LogP) is 1.82. The summed E-state index contributed by atoms with van der Waals surface area (Å²) in [5.41, 5.74) is 13.0. The number of amides is 1. The minimum atomic E-state index is -1.37. The van der Waals surface area contributed by atoms with Gasteiger partial charge in [0, 0.05) is 17.3 Å². The van der Waals surface area contributed by atoms with E-state index in [9.17, 15) is 9.90 Å². The summed E-state index contributed by atoms with van der Waals surface area (Å²) in [4.78, 5) is 16.3. The van der Waals surface area contributed by atoms with Gasteiger partial charge in [-0.15, -0.1) is 0 Å². The average molecular weight is 322 g/mol. The highest BCUT2D eigenvalue weighted by atomic mass is 16.3. The van der Waals surface area contributed by atoms with Crippen molar-refractivity contribution in [1.82, 2.24) is 4.98 Å². The van der Waals surface area contributed by atoms with Crippen molar-refractivity contribution in [3.63, 3.8) is 0 Å². The third-order valence-corrected chi connectivity index (χ3v) is 3.86. The van der Waals surface area contributed by atoms with Crippen molar-refractivity contribution in [1.29, 1.82) is 0 Å². The molecule has 3 aromatic rings. The van der Waals surface area contributed by atoms with E-state index >= 15 is 0 Å². The van der Waals surface area contributed by atoms with E-state index in [1.54, 1.807) is 42.6 Å². The Morgan fingerprint density at radius 2 is 1.88 bits per heavy atom. The van der Waals surface area contributed by atoms with E-state index in [-0.39, 0.29) is 0 Å². The number of rotatable bonds is 4. The van der Waals surface area contributed by atoms with Gasteiger partial charge in [-0.25, -0.2) is 4.98 Å². The van der Waals surface area contributed by atoms with E-state index in [2.05, 4.69) is 10.3 Å². The van der Waals surface area contributed by atoms with Crippen LogP contribution < -0.4 is 16.8 Å². The normalized spacial score (nSPS) is 13.4. The van der Waals surface area contributed by atoms with E-state index < -0.39 is 18.1 Å². The summed E-state index contributed by atoms with van der Waals surface area (Å²) in [6.45, 7) is 0. The van der Waals surface area contributed by atoms with Crippen LogP contribution in [-0.2, 0) is 4.79 Å². The number of nitrogen functional groups attached to an aromatic ring is 1. The van der Waals surface area contributed by atoms with Crippen LogP contribution in [-0.4, -0.2) is 22.1 Å². The van der Waals surface area contributed by atoms with Crippen LogP contribution in [0.1, 0.15) is 11.6 Å². The molecule has 1 aromatic heterocycles. The fourth-order valence-electron chi connectivity index (χ4n) is 2.51. The molecule has 3 rings (SSSR count). The van der Waals surface area contributed by atoms with Crippen molar-refractivity contribution in [2.24, 2.45) is 5.73 Å². The second-order valence-electron chi connectivity index (χ2n) is 5.50. The molecule has 24 heavy (non-hydrogen) atoms. The zero-order valence-corrected chi connectivity index (χ0v) is 12.9. The van der Waals surface area contributed by atoms with Crippen LogP contribution in [0, 0.1) is 0 Å². The number of hydrogen-bond donors (Lipinski definition) is 4. The summed E-state index contributed by atoms with van der Waals surface area (Å²) in [5.74, 6) is -0.196. The number of carbonyl (C=O) groups excluding carboxylic acids is 1. The van der Waals surface area contributed by atoms with Gasteiger partial charge in [0.25, 0.3) is 5.91 Å². The maximum absolute atomic E-state index is 12.3. The average Bonchev–Trinajstić information content (AvgIpc) is 2.62. The van der Waals surface area contributed by atoms with Crippen LogP contribution >= 0.6 is 0 Å². The van der Waals surface area contributed by atoms with Crippen molar-refractivity contribution in [2.75, 3.05) is 11.1 Å². The van der Waals surface area contributed by atoms with Gasteiger partial charge in [-0.1, -0.05) is 36.4 Å². The number of aromatic nitrogens is 1. The number of anilines is 2. The summed E-state index contributed by atoms with van der Waals surface area (Å²) in [6, 6.07) is 15.3.